The van der Waals surface area contributed by atoms with Crippen LogP contribution in [0, 0.1) is 0 Å². The first-order valence-electron chi connectivity index (χ1n) is 3.76. The molecule has 0 aromatic rings. The van der Waals surface area contributed by atoms with Crippen LogP contribution < -0.4 is 5.73 Å². The average molecular weight is 158 g/mol. The van der Waals surface area contributed by atoms with E-state index in [2.05, 4.69) is 4.99 Å². The molecule has 0 heterocycles. The molecule has 0 saturated heterocycles. The molecule has 0 aliphatic heterocycles. The quantitative estimate of drug-likeness (QED) is 0.616. The molecular weight excluding hydrogens is 143 g/mol. The first-order valence-corrected chi connectivity index (χ1v) is 3.76. The van der Waals surface area contributed by atoms with Crippen molar-refractivity contribution in [3.05, 3.63) is 12.2 Å². The molecule has 0 bridgehead atoms. The Balaban J connectivity index is 3.97. The molecule has 0 fully saturated rings. The second kappa shape index (κ2) is 6.04. The van der Waals surface area contributed by atoms with Gasteiger partial charge < -0.3 is 5.73 Å². The van der Waals surface area contributed by atoms with Gasteiger partial charge in [0.25, 0.3) is 0 Å². The molecule has 0 amide bonds. The van der Waals surface area contributed by atoms with Crippen molar-refractivity contribution in [1.82, 2.24) is 0 Å². The lowest BCUT2D eigenvalue weighted by Crippen LogP contribution is -2.11. The number of allylic oxidation sites excluding steroid dienone is 1. The van der Waals surface area contributed by atoms with Crippen molar-refractivity contribution in [3.8, 4) is 0 Å². The molecule has 1 unspecified atom stereocenters. The topological polar surface area (TPSA) is 38.4 Å². The lowest BCUT2D eigenvalue weighted by atomic mass is 10.3. The number of nitrogens with zero attached hydrogens (tertiary/aromatic N) is 1. The highest BCUT2D eigenvalue weighted by Gasteiger charge is 1.91. The van der Waals surface area contributed by atoms with Crippen molar-refractivity contribution < 1.29 is 4.39 Å². The van der Waals surface area contributed by atoms with Gasteiger partial charge in [0.1, 0.15) is 6.17 Å². The maximum absolute atomic E-state index is 12.3. The van der Waals surface area contributed by atoms with E-state index in [9.17, 15) is 4.39 Å². The fraction of sp³-hybridized carbons (Fsp3) is 0.625. The number of rotatable bonds is 4. The summed E-state index contributed by atoms with van der Waals surface area (Å²) in [6, 6.07) is 0. The summed E-state index contributed by atoms with van der Waals surface area (Å²) in [5, 5.41) is 0. The molecule has 0 aliphatic carbocycles. The molecule has 3 heteroatoms. The second-order valence-electron chi connectivity index (χ2n) is 2.21. The Labute approximate surface area is 67.0 Å². The minimum absolute atomic E-state index is 0.372. The highest BCUT2D eigenvalue weighted by atomic mass is 19.1. The number of aliphatic imine (C=N–C) groups is 1. The Morgan fingerprint density at radius 1 is 1.73 bits per heavy atom. The third-order valence-electron chi connectivity index (χ3n) is 1.12. The number of nitrogens with two attached hydrogens (primary N) is 1. The van der Waals surface area contributed by atoms with E-state index in [1.165, 1.54) is 13.0 Å². The van der Waals surface area contributed by atoms with Gasteiger partial charge in [-0.2, -0.15) is 0 Å². The lowest BCUT2D eigenvalue weighted by Gasteiger charge is -1.95. The molecular formula is C8H15FN2. The normalized spacial score (nSPS) is 15.8. The van der Waals surface area contributed by atoms with Crippen molar-refractivity contribution in [2.75, 3.05) is 13.1 Å². The largest absolute Gasteiger partial charge is 0.325 e. The minimum Gasteiger partial charge on any atom is -0.325 e. The summed E-state index contributed by atoms with van der Waals surface area (Å²) in [4.78, 5) is 4.05. The maximum atomic E-state index is 12.3. The van der Waals surface area contributed by atoms with Crippen molar-refractivity contribution in [2.24, 2.45) is 10.7 Å². The molecule has 2 N–H and O–H groups in total. The first kappa shape index (κ1) is 10.3. The van der Waals surface area contributed by atoms with Crippen LogP contribution >= 0.6 is 0 Å². The van der Waals surface area contributed by atoms with Crippen LogP contribution in [0.15, 0.2) is 17.1 Å². The number of alkyl halides is 1. The number of halogens is 1. The van der Waals surface area contributed by atoms with E-state index in [-0.39, 0.29) is 0 Å². The molecule has 0 aromatic heterocycles. The highest BCUT2D eigenvalue weighted by molar-refractivity contribution is 5.96. The molecule has 0 spiro atoms. The lowest BCUT2D eigenvalue weighted by molar-refractivity contribution is 0.431. The number of hydrogen-bond acceptors (Lipinski definition) is 2. The standard InChI is InChI=1S/C8H15FN2/c1-3-11-8(6-10)5-4-7(2)9/h4-5,7H,3,6,10H2,1-2H3/b5-4-,11-8?. The summed E-state index contributed by atoms with van der Waals surface area (Å²) in [7, 11) is 0. The average Bonchev–Trinajstić information content (AvgIpc) is 1.97. The SMILES string of the molecule is CCN=C(/C=C\C(C)F)CN. The van der Waals surface area contributed by atoms with Crippen LogP contribution in [0.2, 0.25) is 0 Å². The van der Waals surface area contributed by atoms with Crippen LogP contribution in [0.5, 0.6) is 0 Å². The summed E-state index contributed by atoms with van der Waals surface area (Å²) in [5.41, 5.74) is 6.09. The molecule has 11 heavy (non-hydrogen) atoms. The summed E-state index contributed by atoms with van der Waals surface area (Å²) in [5.74, 6) is 0. The zero-order valence-electron chi connectivity index (χ0n) is 7.05. The van der Waals surface area contributed by atoms with Crippen molar-refractivity contribution >= 4 is 5.71 Å². The monoisotopic (exact) mass is 158 g/mol. The Bertz CT molecular complexity index is 150. The van der Waals surface area contributed by atoms with Crippen molar-refractivity contribution in [3.63, 3.8) is 0 Å². The summed E-state index contributed by atoms with van der Waals surface area (Å²) in [6.07, 6.45) is 2.15. The zero-order chi connectivity index (χ0) is 8.69. The Morgan fingerprint density at radius 2 is 2.36 bits per heavy atom. The van der Waals surface area contributed by atoms with Gasteiger partial charge >= 0.3 is 0 Å². The zero-order valence-corrected chi connectivity index (χ0v) is 7.05. The molecule has 0 aliphatic rings. The van der Waals surface area contributed by atoms with Crippen LogP contribution in [-0.2, 0) is 0 Å². The number of hydrogen-bond donors (Lipinski definition) is 1. The van der Waals surface area contributed by atoms with Gasteiger partial charge in [0.2, 0.25) is 0 Å². The van der Waals surface area contributed by atoms with Gasteiger partial charge in [-0.15, -0.1) is 0 Å². The second-order valence-corrected chi connectivity index (χ2v) is 2.21. The molecule has 0 aromatic carbocycles. The molecule has 0 saturated carbocycles. The van der Waals surface area contributed by atoms with Crippen LogP contribution in [0.25, 0.3) is 0 Å². The van der Waals surface area contributed by atoms with E-state index in [1.807, 2.05) is 6.92 Å². The first-order chi connectivity index (χ1) is 5.20. The molecule has 1 atom stereocenters. The fourth-order valence-electron chi connectivity index (χ4n) is 0.632. The molecule has 2 nitrogen and oxygen atoms in total. The summed E-state index contributed by atoms with van der Waals surface area (Å²) < 4.78 is 12.3. The fourth-order valence-corrected chi connectivity index (χ4v) is 0.632. The van der Waals surface area contributed by atoms with Gasteiger partial charge in [0.15, 0.2) is 0 Å². The van der Waals surface area contributed by atoms with Gasteiger partial charge in [-0.1, -0.05) is 0 Å². The van der Waals surface area contributed by atoms with Crippen LogP contribution in [0.1, 0.15) is 13.8 Å². The molecule has 0 radical (unpaired) electrons. The Kier molecular flexibility index (Phi) is 5.65. The van der Waals surface area contributed by atoms with E-state index in [0.29, 0.717) is 13.1 Å². The van der Waals surface area contributed by atoms with Gasteiger partial charge in [-0.25, -0.2) is 4.39 Å². The Hall–Kier alpha value is -0.700. The predicted molar refractivity (Wildman–Crippen MR) is 46.7 cm³/mol. The van der Waals surface area contributed by atoms with E-state index >= 15 is 0 Å². The highest BCUT2D eigenvalue weighted by Crippen LogP contribution is 1.90. The van der Waals surface area contributed by atoms with E-state index in [4.69, 9.17) is 5.73 Å². The third kappa shape index (κ3) is 5.73. The van der Waals surface area contributed by atoms with Crippen LogP contribution in [0.3, 0.4) is 0 Å². The minimum atomic E-state index is -0.927. The maximum Gasteiger partial charge on any atom is 0.116 e. The van der Waals surface area contributed by atoms with Gasteiger partial charge in [0.05, 0.1) is 0 Å². The van der Waals surface area contributed by atoms with Crippen molar-refractivity contribution in [1.29, 1.82) is 0 Å². The van der Waals surface area contributed by atoms with E-state index in [0.717, 1.165) is 5.71 Å². The molecule has 0 rings (SSSR count). The Morgan fingerprint density at radius 3 is 2.73 bits per heavy atom. The smallest absolute Gasteiger partial charge is 0.116 e. The van der Waals surface area contributed by atoms with Gasteiger partial charge in [-0.3, -0.25) is 4.99 Å². The van der Waals surface area contributed by atoms with Crippen molar-refractivity contribution in [2.45, 2.75) is 20.0 Å². The van der Waals surface area contributed by atoms with E-state index in [1.54, 1.807) is 6.08 Å². The third-order valence-corrected chi connectivity index (χ3v) is 1.12. The van der Waals surface area contributed by atoms with Crippen LogP contribution in [0.4, 0.5) is 4.39 Å². The van der Waals surface area contributed by atoms with Gasteiger partial charge in [-0.05, 0) is 26.0 Å². The summed E-state index contributed by atoms with van der Waals surface area (Å²) in [6.45, 7) is 4.45. The van der Waals surface area contributed by atoms with Crippen LogP contribution in [-0.4, -0.2) is 25.0 Å². The van der Waals surface area contributed by atoms with E-state index < -0.39 is 6.17 Å². The van der Waals surface area contributed by atoms with Gasteiger partial charge in [0, 0.05) is 18.8 Å². The predicted octanol–water partition coefficient (Wildman–Crippen LogP) is 1.32. The summed E-state index contributed by atoms with van der Waals surface area (Å²) >= 11 is 0. The molecule has 64 valence electrons.